The first-order valence-electron chi connectivity index (χ1n) is 16.7. The van der Waals surface area contributed by atoms with Crippen molar-refractivity contribution in [3.63, 3.8) is 0 Å². The number of hydrogen-bond acceptors (Lipinski definition) is 6. The quantitative estimate of drug-likeness (QED) is 0.0320. The normalized spacial score (nSPS) is 14.2. The molecule has 0 heterocycles. The predicted octanol–water partition coefficient (Wildman–Crippen LogP) is 7.84. The van der Waals surface area contributed by atoms with Gasteiger partial charge in [-0.05, 0) is 44.9 Å². The van der Waals surface area contributed by atoms with Crippen LogP contribution in [0.25, 0.3) is 0 Å². The number of allylic oxidation sites excluding steroid dienone is 14. The van der Waals surface area contributed by atoms with Gasteiger partial charge < -0.3 is 23.8 Å². The Kier molecular flexibility index (Phi) is 26.8. The van der Waals surface area contributed by atoms with E-state index in [1.165, 1.54) is 0 Å². The van der Waals surface area contributed by atoms with Crippen LogP contribution in [0.3, 0.4) is 0 Å². The van der Waals surface area contributed by atoms with Gasteiger partial charge >= 0.3 is 17.9 Å². The van der Waals surface area contributed by atoms with E-state index < -0.39 is 18.1 Å². The third kappa shape index (κ3) is 26.9. The molecule has 0 aliphatic carbocycles. The van der Waals surface area contributed by atoms with Crippen molar-refractivity contribution in [1.82, 2.24) is 0 Å². The Bertz CT molecular complexity index is 1030. The standard InChI is InChI=1S/C38H59NO7/c1-6-8-10-12-14-15-16-17-18-19-20-21-23-25-27-29-37(41)46-34(32-44-31-30-35(38(42)43)39(3,4)5)33-45-36(40)28-26-24-22-13-11-9-7-2/h8-12,14-20,22,24,34-35H,6-7,13,21,23,25-33H2,1-5H3/p+1/b10-8+,11-9+,14-12+,16-15+,18-17+,20-19+,24-22+. The number of carboxylic acid groups (broad SMARTS) is 1. The maximum Gasteiger partial charge on any atom is 0.362 e. The predicted molar refractivity (Wildman–Crippen MR) is 187 cm³/mol. The van der Waals surface area contributed by atoms with Crippen LogP contribution in [0.2, 0.25) is 0 Å². The van der Waals surface area contributed by atoms with Crippen molar-refractivity contribution in [1.29, 1.82) is 0 Å². The van der Waals surface area contributed by atoms with Gasteiger partial charge in [-0.25, -0.2) is 4.79 Å². The number of unbranched alkanes of at least 4 members (excludes halogenated alkanes) is 3. The van der Waals surface area contributed by atoms with E-state index in [2.05, 4.69) is 38.2 Å². The van der Waals surface area contributed by atoms with E-state index in [0.717, 1.165) is 38.5 Å². The number of carboxylic acids is 1. The van der Waals surface area contributed by atoms with Crippen molar-refractivity contribution in [2.45, 2.75) is 96.6 Å². The third-order valence-corrected chi connectivity index (χ3v) is 6.68. The minimum absolute atomic E-state index is 0.0197. The second-order valence-corrected chi connectivity index (χ2v) is 11.8. The van der Waals surface area contributed by atoms with Gasteiger partial charge in [0, 0.05) is 19.3 Å². The molecule has 0 saturated carbocycles. The molecule has 46 heavy (non-hydrogen) atoms. The minimum Gasteiger partial charge on any atom is -0.477 e. The molecule has 0 saturated heterocycles. The lowest BCUT2D eigenvalue weighted by Crippen LogP contribution is -2.50. The van der Waals surface area contributed by atoms with E-state index in [4.69, 9.17) is 14.2 Å². The SMILES string of the molecule is CC/C=C/C=C/C=C/C=C/C=C/CCCCCC(=O)OC(COCCC(C(=O)O)[N+](C)(C)C)COC(=O)CC/C=C/C/C=C/CC. The Morgan fingerprint density at radius 3 is 1.93 bits per heavy atom. The molecule has 0 rings (SSSR count). The summed E-state index contributed by atoms with van der Waals surface area (Å²) >= 11 is 0. The van der Waals surface area contributed by atoms with Crippen molar-refractivity contribution >= 4 is 17.9 Å². The summed E-state index contributed by atoms with van der Waals surface area (Å²) in [5, 5.41) is 9.54. The number of carbonyl (C=O) groups excluding carboxylic acids is 2. The molecule has 0 fully saturated rings. The molecule has 0 aromatic rings. The Hall–Kier alpha value is -3.49. The fourth-order valence-corrected chi connectivity index (χ4v) is 4.11. The van der Waals surface area contributed by atoms with Crippen LogP contribution in [0.4, 0.5) is 0 Å². The molecular weight excluding hydrogens is 582 g/mol. The number of likely N-dealkylation sites (N-methyl/N-ethyl adjacent to an activating group) is 1. The van der Waals surface area contributed by atoms with Gasteiger partial charge in [0.05, 0.1) is 34.4 Å². The van der Waals surface area contributed by atoms with E-state index in [-0.39, 0.29) is 49.1 Å². The molecule has 0 radical (unpaired) electrons. The van der Waals surface area contributed by atoms with Crippen LogP contribution < -0.4 is 0 Å². The van der Waals surface area contributed by atoms with Crippen molar-refractivity contribution in [3.8, 4) is 0 Å². The smallest absolute Gasteiger partial charge is 0.362 e. The number of ether oxygens (including phenoxy) is 3. The molecule has 2 unspecified atom stereocenters. The molecule has 8 nitrogen and oxygen atoms in total. The second-order valence-electron chi connectivity index (χ2n) is 11.8. The second kappa shape index (κ2) is 28.9. The highest BCUT2D eigenvalue weighted by molar-refractivity contribution is 5.72. The maximum absolute atomic E-state index is 12.6. The van der Waals surface area contributed by atoms with E-state index >= 15 is 0 Å². The minimum atomic E-state index is -0.897. The highest BCUT2D eigenvalue weighted by atomic mass is 16.6. The van der Waals surface area contributed by atoms with Crippen LogP contribution in [-0.2, 0) is 28.6 Å². The summed E-state index contributed by atoms with van der Waals surface area (Å²) in [5.41, 5.74) is 0. The van der Waals surface area contributed by atoms with Gasteiger partial charge in [-0.2, -0.15) is 0 Å². The van der Waals surface area contributed by atoms with E-state index in [1.807, 2.05) is 81.9 Å². The van der Waals surface area contributed by atoms with Crippen molar-refractivity contribution in [3.05, 3.63) is 85.1 Å². The molecular formula is C38H60NO7+. The zero-order valence-corrected chi connectivity index (χ0v) is 29.0. The molecule has 0 aromatic heterocycles. The lowest BCUT2D eigenvalue weighted by atomic mass is 10.1. The van der Waals surface area contributed by atoms with Gasteiger partial charge in [0.25, 0.3) is 0 Å². The average molecular weight is 643 g/mol. The molecule has 8 heteroatoms. The maximum atomic E-state index is 12.6. The third-order valence-electron chi connectivity index (χ3n) is 6.68. The largest absolute Gasteiger partial charge is 0.477 e. The highest BCUT2D eigenvalue weighted by Crippen LogP contribution is 2.10. The van der Waals surface area contributed by atoms with Crippen molar-refractivity contribution in [2.75, 3.05) is 41.0 Å². The number of aliphatic carboxylic acids is 1. The van der Waals surface area contributed by atoms with Gasteiger partial charge in [0.1, 0.15) is 6.61 Å². The number of nitrogens with zero attached hydrogens (tertiary/aromatic N) is 1. The summed E-state index contributed by atoms with van der Waals surface area (Å²) in [6.07, 6.45) is 35.3. The van der Waals surface area contributed by atoms with Gasteiger partial charge in [0.2, 0.25) is 0 Å². The fraction of sp³-hybridized carbons (Fsp3) is 0.553. The fourth-order valence-electron chi connectivity index (χ4n) is 4.11. The summed E-state index contributed by atoms with van der Waals surface area (Å²) in [6, 6.07) is -0.632. The van der Waals surface area contributed by atoms with Crippen molar-refractivity contribution in [2.24, 2.45) is 0 Å². The molecule has 1 N–H and O–H groups in total. The zero-order valence-electron chi connectivity index (χ0n) is 29.0. The first-order chi connectivity index (χ1) is 22.1. The van der Waals surface area contributed by atoms with E-state index in [1.54, 1.807) is 0 Å². The molecule has 0 spiro atoms. The number of quaternary nitrogens is 1. The summed E-state index contributed by atoms with van der Waals surface area (Å²) in [7, 11) is 5.46. The summed E-state index contributed by atoms with van der Waals surface area (Å²) < 4.78 is 16.9. The van der Waals surface area contributed by atoms with Crippen LogP contribution in [0.1, 0.15) is 84.5 Å². The number of hydrogen-bond donors (Lipinski definition) is 1. The first-order valence-corrected chi connectivity index (χ1v) is 16.7. The molecule has 2 atom stereocenters. The molecule has 258 valence electrons. The van der Waals surface area contributed by atoms with E-state index in [9.17, 15) is 19.5 Å². The topological polar surface area (TPSA) is 99.1 Å². The van der Waals surface area contributed by atoms with Crippen LogP contribution in [0.15, 0.2) is 85.1 Å². The van der Waals surface area contributed by atoms with Crippen LogP contribution >= 0.6 is 0 Å². The van der Waals surface area contributed by atoms with Gasteiger partial charge in [-0.3, -0.25) is 9.59 Å². The van der Waals surface area contributed by atoms with Crippen LogP contribution in [-0.4, -0.2) is 80.6 Å². The summed E-state index contributed by atoms with van der Waals surface area (Å²) in [6.45, 7) is 4.28. The average Bonchev–Trinajstić information content (AvgIpc) is 3.00. The lowest BCUT2D eigenvalue weighted by molar-refractivity contribution is -0.887. The highest BCUT2D eigenvalue weighted by Gasteiger charge is 2.31. The Morgan fingerprint density at radius 1 is 0.674 bits per heavy atom. The Labute approximate surface area is 278 Å². The molecule has 0 amide bonds. The van der Waals surface area contributed by atoms with Gasteiger partial charge in [-0.1, -0.05) is 105 Å². The van der Waals surface area contributed by atoms with Crippen LogP contribution in [0, 0.1) is 0 Å². The first kappa shape index (κ1) is 42.5. The summed E-state index contributed by atoms with van der Waals surface area (Å²) in [5.74, 6) is -1.64. The van der Waals surface area contributed by atoms with Gasteiger partial charge in [0.15, 0.2) is 12.1 Å². The molecule has 0 aliphatic heterocycles. The lowest BCUT2D eigenvalue weighted by Gasteiger charge is -2.31. The Balaban J connectivity index is 4.63. The zero-order chi connectivity index (χ0) is 34.3. The number of carbonyl (C=O) groups is 3. The van der Waals surface area contributed by atoms with Gasteiger partial charge in [-0.15, -0.1) is 0 Å². The number of esters is 2. The molecule has 0 aromatic carbocycles. The molecule has 0 aliphatic rings. The van der Waals surface area contributed by atoms with Crippen molar-refractivity contribution < 1.29 is 38.2 Å². The number of rotatable bonds is 27. The monoisotopic (exact) mass is 642 g/mol. The van der Waals surface area contributed by atoms with Crippen LogP contribution in [0.5, 0.6) is 0 Å². The summed E-state index contributed by atoms with van der Waals surface area (Å²) in [4.78, 5) is 36.5. The Morgan fingerprint density at radius 2 is 1.30 bits per heavy atom. The molecule has 0 bridgehead atoms. The van der Waals surface area contributed by atoms with E-state index in [0.29, 0.717) is 19.3 Å².